The number of aromatic nitrogens is 1. The van der Waals surface area contributed by atoms with Crippen LogP contribution in [0.2, 0.25) is 0 Å². The molecule has 0 aliphatic heterocycles. The summed E-state index contributed by atoms with van der Waals surface area (Å²) in [6.07, 6.45) is 3.35. The summed E-state index contributed by atoms with van der Waals surface area (Å²) in [6, 6.07) is 8.39. The zero-order valence-corrected chi connectivity index (χ0v) is 9.27. The van der Waals surface area contributed by atoms with E-state index in [1.54, 1.807) is 24.5 Å². The molecule has 0 atom stereocenters. The quantitative estimate of drug-likeness (QED) is 0.879. The molecule has 1 aromatic carbocycles. The van der Waals surface area contributed by atoms with Gasteiger partial charge >= 0.3 is 0 Å². The van der Waals surface area contributed by atoms with E-state index < -0.39 is 0 Å². The molecule has 2 rings (SSSR count). The molecule has 0 saturated heterocycles. The molecule has 2 N–H and O–H groups in total. The van der Waals surface area contributed by atoms with Gasteiger partial charge in [0.25, 0.3) is 0 Å². The lowest BCUT2D eigenvalue weighted by molar-refractivity contribution is 0.290. The largest absolute Gasteiger partial charge is 0.486 e. The Morgan fingerprint density at radius 2 is 1.88 bits per heavy atom. The summed E-state index contributed by atoms with van der Waals surface area (Å²) in [7, 11) is 0. The molecule has 0 aliphatic rings. The molecule has 17 heavy (non-hydrogen) atoms. The Morgan fingerprint density at radius 3 is 2.53 bits per heavy atom. The molecule has 1 heterocycles. The maximum absolute atomic E-state index is 13.5. The SMILES string of the molecule is NCc1ccc(OCc2ccncc2)c(F)c1. The number of halogens is 1. The first-order valence-corrected chi connectivity index (χ1v) is 5.30. The number of benzene rings is 1. The molecule has 0 radical (unpaired) electrons. The molecule has 0 spiro atoms. The highest BCUT2D eigenvalue weighted by atomic mass is 19.1. The van der Waals surface area contributed by atoms with Crippen LogP contribution in [0.5, 0.6) is 5.75 Å². The number of nitrogens with zero attached hydrogens (tertiary/aromatic N) is 1. The van der Waals surface area contributed by atoms with Crippen LogP contribution in [0, 0.1) is 5.82 Å². The molecule has 1 aromatic heterocycles. The van der Waals surface area contributed by atoms with Crippen LogP contribution in [0.3, 0.4) is 0 Å². The third-order valence-electron chi connectivity index (χ3n) is 2.38. The Kier molecular flexibility index (Phi) is 3.67. The zero-order chi connectivity index (χ0) is 12.1. The summed E-state index contributed by atoms with van der Waals surface area (Å²) in [6.45, 7) is 0.642. The summed E-state index contributed by atoms with van der Waals surface area (Å²) in [5.41, 5.74) is 7.11. The number of hydrogen-bond acceptors (Lipinski definition) is 3. The maximum Gasteiger partial charge on any atom is 0.165 e. The summed E-state index contributed by atoms with van der Waals surface area (Å²) in [4.78, 5) is 3.90. The van der Waals surface area contributed by atoms with E-state index in [9.17, 15) is 4.39 Å². The van der Waals surface area contributed by atoms with Crippen LogP contribution in [0.4, 0.5) is 4.39 Å². The van der Waals surface area contributed by atoms with Gasteiger partial charge in [-0.3, -0.25) is 4.98 Å². The van der Waals surface area contributed by atoms with Gasteiger partial charge in [-0.15, -0.1) is 0 Å². The standard InChI is InChI=1S/C13H13FN2O/c14-12-7-11(8-15)1-2-13(12)17-9-10-3-5-16-6-4-10/h1-7H,8-9,15H2. The fraction of sp³-hybridized carbons (Fsp3) is 0.154. The van der Waals surface area contributed by atoms with Crippen molar-refractivity contribution in [3.05, 3.63) is 59.7 Å². The lowest BCUT2D eigenvalue weighted by atomic mass is 10.2. The molecular weight excluding hydrogens is 219 g/mol. The predicted octanol–water partition coefficient (Wildman–Crippen LogP) is 2.26. The van der Waals surface area contributed by atoms with Gasteiger partial charge in [-0.05, 0) is 35.4 Å². The second-order valence-electron chi connectivity index (χ2n) is 3.61. The minimum Gasteiger partial charge on any atom is -0.486 e. The second-order valence-corrected chi connectivity index (χ2v) is 3.61. The topological polar surface area (TPSA) is 48.1 Å². The first-order chi connectivity index (χ1) is 8.29. The molecule has 88 valence electrons. The van der Waals surface area contributed by atoms with Crippen LogP contribution in [0.1, 0.15) is 11.1 Å². The molecule has 0 saturated carbocycles. The van der Waals surface area contributed by atoms with Gasteiger partial charge in [-0.25, -0.2) is 4.39 Å². The van der Waals surface area contributed by atoms with Gasteiger partial charge in [-0.2, -0.15) is 0 Å². The number of ether oxygens (including phenoxy) is 1. The number of nitrogens with two attached hydrogens (primary N) is 1. The van der Waals surface area contributed by atoms with E-state index in [0.717, 1.165) is 11.1 Å². The summed E-state index contributed by atoms with van der Waals surface area (Å²) >= 11 is 0. The van der Waals surface area contributed by atoms with Crippen molar-refractivity contribution in [1.29, 1.82) is 0 Å². The van der Waals surface area contributed by atoms with Crippen molar-refractivity contribution in [2.45, 2.75) is 13.2 Å². The molecule has 3 nitrogen and oxygen atoms in total. The van der Waals surface area contributed by atoms with Gasteiger partial charge in [0, 0.05) is 18.9 Å². The smallest absolute Gasteiger partial charge is 0.165 e. The fourth-order valence-corrected chi connectivity index (χ4v) is 1.43. The van der Waals surface area contributed by atoms with Crippen molar-refractivity contribution >= 4 is 0 Å². The van der Waals surface area contributed by atoms with Crippen LogP contribution < -0.4 is 10.5 Å². The lowest BCUT2D eigenvalue weighted by Crippen LogP contribution is -2.00. The third kappa shape index (κ3) is 3.01. The minimum atomic E-state index is -0.387. The number of hydrogen-bond donors (Lipinski definition) is 1. The van der Waals surface area contributed by atoms with Gasteiger partial charge < -0.3 is 10.5 Å². The molecular formula is C13H13FN2O. The van der Waals surface area contributed by atoms with Gasteiger partial charge in [0.05, 0.1) is 0 Å². The maximum atomic E-state index is 13.5. The zero-order valence-electron chi connectivity index (χ0n) is 9.27. The highest BCUT2D eigenvalue weighted by molar-refractivity contribution is 5.29. The minimum absolute atomic E-state index is 0.235. The average Bonchev–Trinajstić information content (AvgIpc) is 2.38. The first kappa shape index (κ1) is 11.5. The fourth-order valence-electron chi connectivity index (χ4n) is 1.43. The van der Waals surface area contributed by atoms with Crippen LogP contribution >= 0.6 is 0 Å². The van der Waals surface area contributed by atoms with Gasteiger partial charge in [0.1, 0.15) is 6.61 Å². The highest BCUT2D eigenvalue weighted by Crippen LogP contribution is 2.19. The predicted molar refractivity (Wildman–Crippen MR) is 62.9 cm³/mol. The molecule has 0 amide bonds. The number of pyridine rings is 1. The molecule has 0 bridgehead atoms. The Morgan fingerprint density at radius 1 is 1.12 bits per heavy atom. The van der Waals surface area contributed by atoms with E-state index in [2.05, 4.69) is 4.98 Å². The van der Waals surface area contributed by atoms with Crippen molar-refractivity contribution in [3.63, 3.8) is 0 Å². The summed E-state index contributed by atoms with van der Waals surface area (Å²) in [5, 5.41) is 0. The van der Waals surface area contributed by atoms with Gasteiger partial charge in [-0.1, -0.05) is 6.07 Å². The first-order valence-electron chi connectivity index (χ1n) is 5.30. The van der Waals surface area contributed by atoms with E-state index in [0.29, 0.717) is 13.2 Å². The van der Waals surface area contributed by atoms with Crippen molar-refractivity contribution in [1.82, 2.24) is 4.98 Å². The van der Waals surface area contributed by atoms with Crippen molar-refractivity contribution in [3.8, 4) is 5.75 Å². The Hall–Kier alpha value is -1.94. The molecule has 0 fully saturated rings. The van der Waals surface area contributed by atoms with Crippen LogP contribution in [0.25, 0.3) is 0 Å². The van der Waals surface area contributed by atoms with Crippen LogP contribution in [-0.2, 0) is 13.2 Å². The van der Waals surface area contributed by atoms with Crippen molar-refractivity contribution in [2.24, 2.45) is 5.73 Å². The highest BCUT2D eigenvalue weighted by Gasteiger charge is 2.04. The number of rotatable bonds is 4. The van der Waals surface area contributed by atoms with Crippen molar-refractivity contribution in [2.75, 3.05) is 0 Å². The van der Waals surface area contributed by atoms with Gasteiger partial charge in [0.2, 0.25) is 0 Å². The molecule has 2 aromatic rings. The Bertz CT molecular complexity index is 488. The van der Waals surface area contributed by atoms with Crippen LogP contribution in [-0.4, -0.2) is 4.98 Å². The van der Waals surface area contributed by atoms with E-state index in [-0.39, 0.29) is 11.6 Å². The van der Waals surface area contributed by atoms with E-state index in [1.807, 2.05) is 12.1 Å². The normalized spacial score (nSPS) is 10.2. The summed E-state index contributed by atoms with van der Waals surface area (Å²) in [5.74, 6) is -0.152. The van der Waals surface area contributed by atoms with Gasteiger partial charge in [0.15, 0.2) is 11.6 Å². The van der Waals surface area contributed by atoms with E-state index >= 15 is 0 Å². The second kappa shape index (κ2) is 5.41. The molecule has 4 heteroatoms. The van der Waals surface area contributed by atoms with E-state index in [1.165, 1.54) is 6.07 Å². The Labute approximate surface area is 99.1 Å². The van der Waals surface area contributed by atoms with E-state index in [4.69, 9.17) is 10.5 Å². The summed E-state index contributed by atoms with van der Waals surface area (Å²) < 4.78 is 18.9. The Balaban J connectivity index is 2.04. The monoisotopic (exact) mass is 232 g/mol. The molecule has 0 unspecified atom stereocenters. The van der Waals surface area contributed by atoms with Crippen molar-refractivity contribution < 1.29 is 9.13 Å². The average molecular weight is 232 g/mol. The lowest BCUT2D eigenvalue weighted by Gasteiger charge is -2.08. The third-order valence-corrected chi connectivity index (χ3v) is 2.38. The molecule has 0 aliphatic carbocycles. The van der Waals surface area contributed by atoms with Crippen LogP contribution in [0.15, 0.2) is 42.7 Å².